The number of aromatic amines is 1. The van der Waals surface area contributed by atoms with Crippen molar-refractivity contribution in [3.8, 4) is 22.8 Å². The minimum absolute atomic E-state index is 0.187. The lowest BCUT2D eigenvalue weighted by atomic mass is 10.1. The number of carbonyl (C=O) groups excluding carboxylic acids is 2. The summed E-state index contributed by atoms with van der Waals surface area (Å²) in [5.41, 5.74) is 2.55. The Labute approximate surface area is 188 Å². The van der Waals surface area contributed by atoms with E-state index in [2.05, 4.69) is 15.2 Å². The van der Waals surface area contributed by atoms with Crippen LogP contribution < -0.4 is 4.74 Å². The lowest BCUT2D eigenvalue weighted by Gasteiger charge is -2.14. The number of esters is 1. The van der Waals surface area contributed by atoms with Gasteiger partial charge in [0.15, 0.2) is 22.0 Å². The van der Waals surface area contributed by atoms with Crippen molar-refractivity contribution in [1.82, 2.24) is 19.7 Å². The van der Waals surface area contributed by atoms with E-state index in [0.717, 1.165) is 33.9 Å². The van der Waals surface area contributed by atoms with Crippen LogP contribution in [0.15, 0.2) is 59.9 Å². The molecule has 0 aliphatic rings. The number of rotatable bonds is 8. The van der Waals surface area contributed by atoms with Gasteiger partial charge in [-0.1, -0.05) is 36.0 Å². The molecule has 0 aliphatic carbocycles. The molecule has 2 aromatic carbocycles. The second kappa shape index (κ2) is 9.27. The highest BCUT2D eigenvalue weighted by atomic mass is 32.2. The van der Waals surface area contributed by atoms with Gasteiger partial charge in [0.05, 0.1) is 19.4 Å². The number of ether oxygens (including phenoxy) is 2. The number of carbonyl (C=O) groups is 2. The molecule has 1 unspecified atom stereocenters. The average molecular weight is 451 g/mol. The van der Waals surface area contributed by atoms with Crippen LogP contribution >= 0.6 is 11.8 Å². The normalized spacial score (nSPS) is 12.0. The van der Waals surface area contributed by atoms with E-state index in [4.69, 9.17) is 9.47 Å². The van der Waals surface area contributed by atoms with Crippen LogP contribution in [-0.4, -0.2) is 50.5 Å². The Balaban J connectivity index is 1.87. The maximum absolute atomic E-state index is 12.4. The standard InChI is InChI=1S/C23H22N4O4S/c1-4-31-22(29)20(14(2)28)32-23-26-25-21(18-13-24-19-11-6-5-10-17(18)19)27(23)15-8-7-9-16(12-15)30-3/h5-13,20,24H,4H2,1-3H3. The fraction of sp³-hybridized carbons (Fsp3) is 0.217. The zero-order valence-electron chi connectivity index (χ0n) is 17.9. The minimum Gasteiger partial charge on any atom is -0.497 e. The van der Waals surface area contributed by atoms with Gasteiger partial charge in [-0.05, 0) is 32.0 Å². The minimum atomic E-state index is -1.04. The van der Waals surface area contributed by atoms with Crippen molar-refractivity contribution >= 4 is 34.4 Å². The molecule has 2 heterocycles. The number of ketones is 1. The molecule has 1 N–H and O–H groups in total. The molecule has 2 aromatic heterocycles. The number of para-hydroxylation sites is 1. The van der Waals surface area contributed by atoms with Crippen LogP contribution in [0.25, 0.3) is 28.0 Å². The molecule has 4 rings (SSSR count). The van der Waals surface area contributed by atoms with E-state index in [1.54, 1.807) is 14.0 Å². The first-order valence-electron chi connectivity index (χ1n) is 10.0. The van der Waals surface area contributed by atoms with Crippen LogP contribution in [0.4, 0.5) is 0 Å². The van der Waals surface area contributed by atoms with Gasteiger partial charge in [-0.25, -0.2) is 0 Å². The predicted octanol–water partition coefficient (Wildman–Crippen LogP) is 4.04. The molecule has 0 radical (unpaired) electrons. The van der Waals surface area contributed by atoms with Gasteiger partial charge in [0.2, 0.25) is 0 Å². The van der Waals surface area contributed by atoms with E-state index in [0.29, 0.717) is 16.7 Å². The summed E-state index contributed by atoms with van der Waals surface area (Å²) in [6.07, 6.45) is 1.87. The first kappa shape index (κ1) is 21.6. The third-order valence-corrected chi connectivity index (χ3v) is 6.10. The number of nitrogens with one attached hydrogen (secondary N) is 1. The fourth-order valence-corrected chi connectivity index (χ4v) is 4.31. The van der Waals surface area contributed by atoms with E-state index in [9.17, 15) is 9.59 Å². The predicted molar refractivity (Wildman–Crippen MR) is 122 cm³/mol. The smallest absolute Gasteiger partial charge is 0.327 e. The van der Waals surface area contributed by atoms with Gasteiger partial charge >= 0.3 is 5.97 Å². The van der Waals surface area contributed by atoms with Crippen LogP contribution in [0, 0.1) is 0 Å². The Hall–Kier alpha value is -3.59. The van der Waals surface area contributed by atoms with Gasteiger partial charge in [-0.15, -0.1) is 10.2 Å². The van der Waals surface area contributed by atoms with E-state index in [-0.39, 0.29) is 12.4 Å². The summed E-state index contributed by atoms with van der Waals surface area (Å²) in [5.74, 6) is 0.316. The summed E-state index contributed by atoms with van der Waals surface area (Å²) in [6, 6.07) is 15.3. The van der Waals surface area contributed by atoms with Crippen molar-refractivity contribution in [3.63, 3.8) is 0 Å². The van der Waals surface area contributed by atoms with E-state index in [1.165, 1.54) is 6.92 Å². The average Bonchev–Trinajstić information content (AvgIpc) is 3.41. The highest BCUT2D eigenvalue weighted by Crippen LogP contribution is 2.34. The molecule has 0 bridgehead atoms. The molecular formula is C23H22N4O4S. The third kappa shape index (κ3) is 4.11. The van der Waals surface area contributed by atoms with Crippen molar-refractivity contribution in [2.45, 2.75) is 24.3 Å². The summed E-state index contributed by atoms with van der Waals surface area (Å²) in [7, 11) is 1.59. The van der Waals surface area contributed by atoms with Crippen molar-refractivity contribution in [2.75, 3.05) is 13.7 Å². The third-order valence-electron chi connectivity index (χ3n) is 4.87. The van der Waals surface area contributed by atoms with Crippen molar-refractivity contribution in [3.05, 3.63) is 54.7 Å². The van der Waals surface area contributed by atoms with Gasteiger partial charge in [0.1, 0.15) is 5.75 Å². The number of Topliss-reactive ketones (excluding diaryl/α,β-unsaturated/α-hetero) is 1. The Morgan fingerprint density at radius 2 is 1.97 bits per heavy atom. The van der Waals surface area contributed by atoms with E-state index in [1.807, 2.05) is 59.3 Å². The molecule has 0 fully saturated rings. The molecule has 0 aliphatic heterocycles. The van der Waals surface area contributed by atoms with Crippen LogP contribution in [0.3, 0.4) is 0 Å². The lowest BCUT2D eigenvalue weighted by Crippen LogP contribution is -2.27. The first-order chi connectivity index (χ1) is 15.5. The lowest BCUT2D eigenvalue weighted by molar-refractivity contribution is -0.144. The number of hydrogen-bond acceptors (Lipinski definition) is 7. The fourth-order valence-electron chi connectivity index (χ4n) is 3.38. The molecule has 9 heteroatoms. The molecule has 1 atom stereocenters. The maximum Gasteiger partial charge on any atom is 0.327 e. The van der Waals surface area contributed by atoms with Crippen LogP contribution in [0.5, 0.6) is 5.75 Å². The Morgan fingerprint density at radius 3 is 2.72 bits per heavy atom. The van der Waals surface area contributed by atoms with E-state index < -0.39 is 11.2 Å². The number of thioether (sulfide) groups is 1. The molecule has 32 heavy (non-hydrogen) atoms. The molecule has 8 nitrogen and oxygen atoms in total. The molecule has 0 spiro atoms. The summed E-state index contributed by atoms with van der Waals surface area (Å²) < 4.78 is 12.3. The van der Waals surface area contributed by atoms with Crippen LogP contribution in [0.2, 0.25) is 0 Å². The SMILES string of the molecule is CCOC(=O)C(Sc1nnc(-c2c[nH]c3ccccc23)n1-c1cccc(OC)c1)C(C)=O. The summed E-state index contributed by atoms with van der Waals surface area (Å²) in [6.45, 7) is 3.25. The highest BCUT2D eigenvalue weighted by molar-refractivity contribution is 8.01. The van der Waals surface area contributed by atoms with E-state index >= 15 is 0 Å². The van der Waals surface area contributed by atoms with Gasteiger partial charge < -0.3 is 14.5 Å². The number of aromatic nitrogens is 4. The molecule has 4 aromatic rings. The van der Waals surface area contributed by atoms with Gasteiger partial charge in [0, 0.05) is 28.7 Å². The van der Waals surface area contributed by atoms with Crippen molar-refractivity contribution < 1.29 is 19.1 Å². The molecule has 0 saturated heterocycles. The highest BCUT2D eigenvalue weighted by Gasteiger charge is 2.30. The zero-order chi connectivity index (χ0) is 22.7. The molecule has 0 amide bonds. The van der Waals surface area contributed by atoms with Gasteiger partial charge in [0.25, 0.3) is 0 Å². The number of H-pyrrole nitrogens is 1. The number of nitrogens with zero attached hydrogens (tertiary/aromatic N) is 3. The second-order valence-corrected chi connectivity index (χ2v) is 8.02. The van der Waals surface area contributed by atoms with Crippen LogP contribution in [-0.2, 0) is 14.3 Å². The second-order valence-electron chi connectivity index (χ2n) is 6.95. The Bertz CT molecular complexity index is 1280. The van der Waals surface area contributed by atoms with Crippen molar-refractivity contribution in [2.24, 2.45) is 0 Å². The monoisotopic (exact) mass is 450 g/mol. The Kier molecular flexibility index (Phi) is 6.27. The van der Waals surface area contributed by atoms with Gasteiger partial charge in [-0.2, -0.15) is 0 Å². The summed E-state index contributed by atoms with van der Waals surface area (Å²) in [4.78, 5) is 27.9. The zero-order valence-corrected chi connectivity index (χ0v) is 18.7. The van der Waals surface area contributed by atoms with Crippen LogP contribution in [0.1, 0.15) is 13.8 Å². The first-order valence-corrected chi connectivity index (χ1v) is 10.9. The van der Waals surface area contributed by atoms with Gasteiger partial charge in [-0.3, -0.25) is 14.2 Å². The Morgan fingerprint density at radius 1 is 1.16 bits per heavy atom. The number of fused-ring (bicyclic) bond motifs is 1. The molecule has 0 saturated carbocycles. The summed E-state index contributed by atoms with van der Waals surface area (Å²) in [5, 5.41) is 9.10. The summed E-state index contributed by atoms with van der Waals surface area (Å²) >= 11 is 1.02. The largest absolute Gasteiger partial charge is 0.497 e. The molecular weight excluding hydrogens is 428 g/mol. The molecule has 164 valence electrons. The quantitative estimate of drug-likeness (QED) is 0.246. The topological polar surface area (TPSA) is 99.1 Å². The number of methoxy groups -OCH3 is 1. The van der Waals surface area contributed by atoms with Crippen molar-refractivity contribution in [1.29, 1.82) is 0 Å². The number of benzene rings is 2. The maximum atomic E-state index is 12.4. The number of hydrogen-bond donors (Lipinski definition) is 1.